The number of anilines is 1. The van der Waals surface area contributed by atoms with Crippen molar-refractivity contribution in [3.63, 3.8) is 0 Å². The van der Waals surface area contributed by atoms with E-state index in [2.05, 4.69) is 15.3 Å². The van der Waals surface area contributed by atoms with Crippen molar-refractivity contribution < 1.29 is 9.59 Å². The maximum absolute atomic E-state index is 12.7. The highest BCUT2D eigenvalue weighted by molar-refractivity contribution is 6.05. The first-order valence-electron chi connectivity index (χ1n) is 9.44. The number of nitriles is 1. The Labute approximate surface area is 153 Å². The van der Waals surface area contributed by atoms with Gasteiger partial charge in [0, 0.05) is 37.4 Å². The highest BCUT2D eigenvalue weighted by atomic mass is 16.2. The van der Waals surface area contributed by atoms with Crippen molar-refractivity contribution in [1.82, 2.24) is 15.3 Å². The first-order valence-corrected chi connectivity index (χ1v) is 9.44. The molecule has 138 valence electrons. The van der Waals surface area contributed by atoms with Crippen LogP contribution in [0.1, 0.15) is 44.9 Å². The summed E-state index contributed by atoms with van der Waals surface area (Å²) in [6.07, 6.45) is 9.88. The van der Waals surface area contributed by atoms with Crippen LogP contribution < -0.4 is 10.2 Å². The predicted molar refractivity (Wildman–Crippen MR) is 96.1 cm³/mol. The monoisotopic (exact) mass is 355 g/mol. The normalized spacial score (nSPS) is 20.2. The lowest BCUT2D eigenvalue weighted by Crippen LogP contribution is -2.45. The molecule has 2 fully saturated rings. The van der Waals surface area contributed by atoms with Gasteiger partial charge in [-0.25, -0.2) is 9.97 Å². The van der Waals surface area contributed by atoms with E-state index in [0.29, 0.717) is 31.9 Å². The van der Waals surface area contributed by atoms with Gasteiger partial charge in [-0.1, -0.05) is 19.3 Å². The molecule has 1 aromatic rings. The summed E-state index contributed by atoms with van der Waals surface area (Å²) in [6, 6.07) is 3.81. The Morgan fingerprint density at radius 1 is 1.12 bits per heavy atom. The lowest BCUT2D eigenvalue weighted by molar-refractivity contribution is -0.134. The molecule has 7 nitrogen and oxygen atoms in total. The van der Waals surface area contributed by atoms with Gasteiger partial charge in [-0.2, -0.15) is 5.26 Å². The summed E-state index contributed by atoms with van der Waals surface area (Å²) in [6.45, 7) is 1.31. The Bertz CT molecular complexity index is 658. The largest absolute Gasteiger partial charge is 0.352 e. The molecule has 2 heterocycles. The van der Waals surface area contributed by atoms with Gasteiger partial charge in [-0.15, -0.1) is 0 Å². The molecule has 2 aliphatic rings. The number of piperidine rings is 1. The SMILES string of the molecule is N#CC(C(=O)NC1CCCCC1)C(=O)C1CCN(c2ncccn2)CC1. The second kappa shape index (κ2) is 8.75. The van der Waals surface area contributed by atoms with Crippen LogP contribution in [0.4, 0.5) is 5.95 Å². The molecule has 1 aliphatic heterocycles. The topological polar surface area (TPSA) is 99.0 Å². The summed E-state index contributed by atoms with van der Waals surface area (Å²) in [7, 11) is 0. The van der Waals surface area contributed by atoms with E-state index in [4.69, 9.17) is 0 Å². The molecular weight excluding hydrogens is 330 g/mol. The number of Topliss-reactive ketones (excluding diaryl/α,β-unsaturated/α-hetero) is 1. The second-order valence-electron chi connectivity index (χ2n) is 7.12. The van der Waals surface area contributed by atoms with Crippen LogP contribution in [0.25, 0.3) is 0 Å². The average Bonchev–Trinajstić information content (AvgIpc) is 2.70. The molecule has 1 N–H and O–H groups in total. The van der Waals surface area contributed by atoms with E-state index in [-0.39, 0.29) is 17.7 Å². The van der Waals surface area contributed by atoms with Gasteiger partial charge in [0.25, 0.3) is 0 Å². The van der Waals surface area contributed by atoms with Crippen LogP contribution in [-0.2, 0) is 9.59 Å². The molecule has 0 aromatic carbocycles. The number of nitrogens with zero attached hydrogens (tertiary/aromatic N) is 4. The smallest absolute Gasteiger partial charge is 0.245 e. The molecular formula is C19H25N5O2. The van der Waals surface area contributed by atoms with E-state index in [1.807, 2.05) is 11.0 Å². The van der Waals surface area contributed by atoms with Crippen LogP contribution in [-0.4, -0.2) is 40.8 Å². The third kappa shape index (κ3) is 4.37. The maximum atomic E-state index is 12.7. The molecule has 1 saturated carbocycles. The fraction of sp³-hybridized carbons (Fsp3) is 0.632. The Morgan fingerprint density at radius 2 is 1.77 bits per heavy atom. The Morgan fingerprint density at radius 3 is 2.38 bits per heavy atom. The molecule has 0 bridgehead atoms. The molecule has 0 radical (unpaired) electrons. The fourth-order valence-electron chi connectivity index (χ4n) is 3.84. The van der Waals surface area contributed by atoms with E-state index in [1.165, 1.54) is 6.42 Å². The standard InChI is InChI=1S/C19H25N5O2/c20-13-16(18(26)23-15-5-2-1-3-6-15)17(25)14-7-11-24(12-8-14)19-21-9-4-10-22-19/h4,9-10,14-16H,1-3,5-8,11-12H2,(H,23,26). The first-order chi connectivity index (χ1) is 12.7. The van der Waals surface area contributed by atoms with E-state index >= 15 is 0 Å². The van der Waals surface area contributed by atoms with Crippen molar-refractivity contribution in [2.45, 2.75) is 51.0 Å². The van der Waals surface area contributed by atoms with Gasteiger partial charge in [-0.3, -0.25) is 9.59 Å². The quantitative estimate of drug-likeness (QED) is 0.809. The third-order valence-electron chi connectivity index (χ3n) is 5.36. The molecule has 1 unspecified atom stereocenters. The number of amides is 1. The van der Waals surface area contributed by atoms with E-state index in [1.54, 1.807) is 18.5 Å². The highest BCUT2D eigenvalue weighted by Crippen LogP contribution is 2.24. The van der Waals surface area contributed by atoms with Crippen molar-refractivity contribution in [2.75, 3.05) is 18.0 Å². The molecule has 0 spiro atoms. The number of nitrogens with one attached hydrogen (secondary N) is 1. The van der Waals surface area contributed by atoms with Gasteiger partial charge in [0.1, 0.15) is 0 Å². The number of hydrogen-bond acceptors (Lipinski definition) is 6. The summed E-state index contributed by atoms with van der Waals surface area (Å²) in [4.78, 5) is 35.6. The van der Waals surface area contributed by atoms with Crippen molar-refractivity contribution in [2.24, 2.45) is 11.8 Å². The second-order valence-corrected chi connectivity index (χ2v) is 7.12. The summed E-state index contributed by atoms with van der Waals surface area (Å²) < 4.78 is 0. The minimum absolute atomic E-state index is 0.108. The van der Waals surface area contributed by atoms with Crippen LogP contribution >= 0.6 is 0 Å². The lowest BCUT2D eigenvalue weighted by Gasteiger charge is -2.32. The van der Waals surface area contributed by atoms with Gasteiger partial charge >= 0.3 is 0 Å². The fourth-order valence-corrected chi connectivity index (χ4v) is 3.84. The molecule has 1 saturated heterocycles. The van der Waals surface area contributed by atoms with Gasteiger partial charge in [0.2, 0.25) is 11.9 Å². The van der Waals surface area contributed by atoms with Crippen molar-refractivity contribution in [1.29, 1.82) is 5.26 Å². The summed E-state index contributed by atoms with van der Waals surface area (Å²) >= 11 is 0. The minimum Gasteiger partial charge on any atom is -0.352 e. The zero-order valence-electron chi connectivity index (χ0n) is 14.9. The summed E-state index contributed by atoms with van der Waals surface area (Å²) in [5.74, 6) is -1.45. The van der Waals surface area contributed by atoms with E-state index in [0.717, 1.165) is 25.7 Å². The third-order valence-corrected chi connectivity index (χ3v) is 5.36. The molecule has 1 atom stereocenters. The molecule has 26 heavy (non-hydrogen) atoms. The van der Waals surface area contributed by atoms with Gasteiger partial charge in [-0.05, 0) is 31.7 Å². The van der Waals surface area contributed by atoms with Gasteiger partial charge < -0.3 is 10.2 Å². The van der Waals surface area contributed by atoms with Crippen LogP contribution in [0.15, 0.2) is 18.5 Å². The zero-order chi connectivity index (χ0) is 18.4. The average molecular weight is 355 g/mol. The predicted octanol–water partition coefficient (Wildman–Crippen LogP) is 1.85. The van der Waals surface area contributed by atoms with Gasteiger partial charge in [0.05, 0.1) is 6.07 Å². The number of ketones is 1. The van der Waals surface area contributed by atoms with E-state index < -0.39 is 11.8 Å². The summed E-state index contributed by atoms with van der Waals surface area (Å²) in [5, 5.41) is 12.3. The Kier molecular flexibility index (Phi) is 6.16. The highest BCUT2D eigenvalue weighted by Gasteiger charge is 2.35. The van der Waals surface area contributed by atoms with Crippen LogP contribution in [0.2, 0.25) is 0 Å². The lowest BCUT2D eigenvalue weighted by atomic mass is 9.85. The number of carbonyl (C=O) groups excluding carboxylic acids is 2. The molecule has 3 rings (SSSR count). The molecule has 1 aromatic heterocycles. The van der Waals surface area contributed by atoms with Crippen LogP contribution in [0, 0.1) is 23.2 Å². The van der Waals surface area contributed by atoms with Gasteiger partial charge in [0.15, 0.2) is 11.7 Å². The zero-order valence-corrected chi connectivity index (χ0v) is 14.9. The molecule has 1 aliphatic carbocycles. The summed E-state index contributed by atoms with van der Waals surface area (Å²) in [5.41, 5.74) is 0. The Hall–Kier alpha value is -2.49. The minimum atomic E-state index is -1.19. The Balaban J connectivity index is 1.54. The number of carbonyl (C=O) groups is 2. The van der Waals surface area contributed by atoms with Crippen molar-refractivity contribution >= 4 is 17.6 Å². The number of hydrogen-bond donors (Lipinski definition) is 1. The van der Waals surface area contributed by atoms with Crippen LogP contribution in [0.5, 0.6) is 0 Å². The molecule has 7 heteroatoms. The van der Waals surface area contributed by atoms with Crippen molar-refractivity contribution in [3.8, 4) is 6.07 Å². The van der Waals surface area contributed by atoms with Crippen molar-refractivity contribution in [3.05, 3.63) is 18.5 Å². The van der Waals surface area contributed by atoms with E-state index in [9.17, 15) is 14.9 Å². The number of aromatic nitrogens is 2. The molecule has 1 amide bonds. The first kappa shape index (κ1) is 18.3. The number of rotatable bonds is 5. The maximum Gasteiger partial charge on any atom is 0.245 e. The van der Waals surface area contributed by atoms with Crippen LogP contribution in [0.3, 0.4) is 0 Å².